The van der Waals surface area contributed by atoms with E-state index in [1.165, 1.54) is 0 Å². The van der Waals surface area contributed by atoms with Gasteiger partial charge in [0.1, 0.15) is 0 Å². The van der Waals surface area contributed by atoms with E-state index in [2.05, 4.69) is 25.4 Å². The number of hydrogen-bond acceptors (Lipinski definition) is 7. The highest BCUT2D eigenvalue weighted by Gasteiger charge is 2.21. The molecule has 0 atom stereocenters. The van der Waals surface area contributed by atoms with Gasteiger partial charge in [-0.05, 0) is 27.8 Å². The average molecular weight is 354 g/mol. The van der Waals surface area contributed by atoms with Gasteiger partial charge < -0.3 is 10.3 Å². The zero-order valence-corrected chi connectivity index (χ0v) is 14.9. The third-order valence-electron chi connectivity index (χ3n) is 2.55. The summed E-state index contributed by atoms with van der Waals surface area (Å²) in [7, 11) is 1.99. The van der Waals surface area contributed by atoms with Gasteiger partial charge in [-0.25, -0.2) is 4.98 Å². The SMILES string of the molecule is Cc1nc(CN(C)Cc2nc(C(C)(C)N)no2)cs1.Cl.Cl. The summed E-state index contributed by atoms with van der Waals surface area (Å²) in [5.74, 6) is 1.10. The van der Waals surface area contributed by atoms with Gasteiger partial charge in [-0.2, -0.15) is 4.98 Å². The molecule has 0 aliphatic rings. The largest absolute Gasteiger partial charge is 0.338 e. The Balaban J connectivity index is 0.00000200. The van der Waals surface area contributed by atoms with E-state index in [1.54, 1.807) is 11.3 Å². The minimum absolute atomic E-state index is 0. The first-order valence-electron chi connectivity index (χ1n) is 6.06. The lowest BCUT2D eigenvalue weighted by molar-refractivity contribution is 0.257. The summed E-state index contributed by atoms with van der Waals surface area (Å²) in [5.41, 5.74) is 6.40. The van der Waals surface area contributed by atoms with E-state index < -0.39 is 5.54 Å². The van der Waals surface area contributed by atoms with Crippen LogP contribution in [0.25, 0.3) is 0 Å². The normalized spacial score (nSPS) is 11.1. The first kappa shape index (κ1) is 20.3. The second-order valence-electron chi connectivity index (χ2n) is 5.26. The molecule has 2 aromatic rings. The Bertz CT molecular complexity index is 552. The Labute approximate surface area is 140 Å². The van der Waals surface area contributed by atoms with E-state index >= 15 is 0 Å². The number of rotatable bonds is 5. The summed E-state index contributed by atoms with van der Waals surface area (Å²) in [4.78, 5) is 10.8. The van der Waals surface area contributed by atoms with Gasteiger partial charge >= 0.3 is 0 Å². The first-order valence-corrected chi connectivity index (χ1v) is 6.94. The van der Waals surface area contributed by atoms with Crippen LogP contribution in [0.15, 0.2) is 9.90 Å². The van der Waals surface area contributed by atoms with E-state index in [1.807, 2.05) is 27.8 Å². The molecule has 2 rings (SSSR count). The van der Waals surface area contributed by atoms with E-state index in [0.717, 1.165) is 17.2 Å². The van der Waals surface area contributed by atoms with Gasteiger partial charge in [0.25, 0.3) is 0 Å². The molecule has 6 nitrogen and oxygen atoms in total. The van der Waals surface area contributed by atoms with Crippen molar-refractivity contribution in [3.05, 3.63) is 27.8 Å². The van der Waals surface area contributed by atoms with Gasteiger partial charge in [-0.3, -0.25) is 4.90 Å². The van der Waals surface area contributed by atoms with Gasteiger partial charge in [0.15, 0.2) is 5.82 Å². The van der Waals surface area contributed by atoms with Crippen LogP contribution in [0, 0.1) is 6.92 Å². The van der Waals surface area contributed by atoms with Crippen molar-refractivity contribution < 1.29 is 4.52 Å². The molecule has 0 unspecified atom stereocenters. The molecule has 0 aliphatic carbocycles. The van der Waals surface area contributed by atoms with Crippen LogP contribution in [0.4, 0.5) is 0 Å². The van der Waals surface area contributed by atoms with Crippen molar-refractivity contribution in [3.8, 4) is 0 Å². The third kappa shape index (κ3) is 5.88. The molecule has 21 heavy (non-hydrogen) atoms. The van der Waals surface area contributed by atoms with Gasteiger partial charge in [-0.1, -0.05) is 5.16 Å². The number of aromatic nitrogens is 3. The second kappa shape index (κ2) is 8.05. The lowest BCUT2D eigenvalue weighted by Crippen LogP contribution is -2.30. The Kier molecular flexibility index (Phi) is 7.77. The monoisotopic (exact) mass is 353 g/mol. The average Bonchev–Trinajstić information content (AvgIpc) is 2.87. The van der Waals surface area contributed by atoms with Crippen LogP contribution in [0.2, 0.25) is 0 Å². The highest BCUT2D eigenvalue weighted by Crippen LogP contribution is 2.14. The number of hydrogen-bond donors (Lipinski definition) is 1. The van der Waals surface area contributed by atoms with Crippen LogP contribution in [-0.4, -0.2) is 27.1 Å². The summed E-state index contributed by atoms with van der Waals surface area (Å²) in [6.45, 7) is 7.04. The molecule has 9 heteroatoms. The van der Waals surface area contributed by atoms with Crippen molar-refractivity contribution in [2.45, 2.75) is 39.4 Å². The second-order valence-corrected chi connectivity index (χ2v) is 6.33. The molecule has 2 aromatic heterocycles. The van der Waals surface area contributed by atoms with Crippen LogP contribution in [0.1, 0.15) is 36.3 Å². The highest BCUT2D eigenvalue weighted by molar-refractivity contribution is 7.09. The van der Waals surface area contributed by atoms with Crippen molar-refractivity contribution in [2.75, 3.05) is 7.05 Å². The Morgan fingerprint density at radius 1 is 1.29 bits per heavy atom. The molecule has 0 amide bonds. The first-order chi connectivity index (χ1) is 8.84. The zero-order chi connectivity index (χ0) is 14.0. The lowest BCUT2D eigenvalue weighted by Gasteiger charge is -2.13. The number of nitrogens with two attached hydrogens (primary N) is 1. The van der Waals surface area contributed by atoms with Crippen LogP contribution in [0.3, 0.4) is 0 Å². The lowest BCUT2D eigenvalue weighted by atomic mass is 10.1. The summed E-state index contributed by atoms with van der Waals surface area (Å²) >= 11 is 1.65. The van der Waals surface area contributed by atoms with Gasteiger partial charge in [0.05, 0.1) is 22.8 Å². The van der Waals surface area contributed by atoms with Crippen LogP contribution >= 0.6 is 36.2 Å². The number of thiazole rings is 1. The summed E-state index contributed by atoms with van der Waals surface area (Å²) in [6, 6.07) is 0. The molecule has 0 spiro atoms. The maximum Gasteiger partial charge on any atom is 0.240 e. The van der Waals surface area contributed by atoms with E-state index in [-0.39, 0.29) is 24.8 Å². The van der Waals surface area contributed by atoms with E-state index in [9.17, 15) is 0 Å². The number of halogens is 2. The quantitative estimate of drug-likeness (QED) is 0.889. The number of aryl methyl sites for hydroxylation is 1. The molecule has 120 valence electrons. The smallest absolute Gasteiger partial charge is 0.240 e. The Morgan fingerprint density at radius 2 is 1.95 bits per heavy atom. The van der Waals surface area contributed by atoms with Crippen LogP contribution in [0.5, 0.6) is 0 Å². The predicted molar refractivity (Wildman–Crippen MR) is 88.0 cm³/mol. The van der Waals surface area contributed by atoms with E-state index in [4.69, 9.17) is 10.3 Å². The minimum Gasteiger partial charge on any atom is -0.338 e. The molecular weight excluding hydrogens is 333 g/mol. The fourth-order valence-corrected chi connectivity index (χ4v) is 2.23. The topological polar surface area (TPSA) is 81.1 Å². The minimum atomic E-state index is -0.577. The van der Waals surface area contributed by atoms with E-state index in [0.29, 0.717) is 18.3 Å². The zero-order valence-electron chi connectivity index (χ0n) is 12.5. The summed E-state index contributed by atoms with van der Waals surface area (Å²) < 4.78 is 5.20. The summed E-state index contributed by atoms with van der Waals surface area (Å²) in [5, 5.41) is 7.04. The standard InChI is InChI=1S/C12H19N5OS.2ClH/c1-8-14-9(7-19-8)5-17(4)6-10-15-11(16-18-10)12(2,3)13;;/h7H,5-6,13H2,1-4H3;2*1H. The maximum atomic E-state index is 5.92. The maximum absolute atomic E-state index is 5.92. The molecule has 0 fully saturated rings. The van der Waals surface area contributed by atoms with Crippen molar-refractivity contribution in [1.82, 2.24) is 20.0 Å². The Hall–Kier alpha value is -0.730. The number of nitrogens with zero attached hydrogens (tertiary/aromatic N) is 4. The molecule has 2 heterocycles. The van der Waals surface area contributed by atoms with Crippen LogP contribution in [-0.2, 0) is 18.6 Å². The molecule has 0 bridgehead atoms. The molecule has 0 aromatic carbocycles. The van der Waals surface area contributed by atoms with Crippen molar-refractivity contribution in [2.24, 2.45) is 5.73 Å². The van der Waals surface area contributed by atoms with Crippen LogP contribution < -0.4 is 5.73 Å². The summed E-state index contributed by atoms with van der Waals surface area (Å²) in [6.07, 6.45) is 0. The molecule has 0 saturated carbocycles. The van der Waals surface area contributed by atoms with Gasteiger partial charge in [0.2, 0.25) is 5.89 Å². The van der Waals surface area contributed by atoms with Gasteiger partial charge in [-0.15, -0.1) is 36.2 Å². The molecule has 0 aliphatic heterocycles. The van der Waals surface area contributed by atoms with Crippen molar-refractivity contribution >= 4 is 36.2 Å². The van der Waals surface area contributed by atoms with Crippen molar-refractivity contribution in [1.29, 1.82) is 0 Å². The van der Waals surface area contributed by atoms with Crippen molar-refractivity contribution in [3.63, 3.8) is 0 Å². The Morgan fingerprint density at radius 3 is 2.43 bits per heavy atom. The highest BCUT2D eigenvalue weighted by atomic mass is 35.5. The van der Waals surface area contributed by atoms with Gasteiger partial charge in [0, 0.05) is 11.9 Å². The fourth-order valence-electron chi connectivity index (χ4n) is 1.63. The third-order valence-corrected chi connectivity index (χ3v) is 3.37. The molecule has 2 N–H and O–H groups in total. The molecular formula is C12H21Cl2N5OS. The molecule has 0 radical (unpaired) electrons. The fraction of sp³-hybridized carbons (Fsp3) is 0.583. The predicted octanol–water partition coefficient (Wildman–Crippen LogP) is 2.50. The molecule has 0 saturated heterocycles.